The summed E-state index contributed by atoms with van der Waals surface area (Å²) < 4.78 is 12.2. The fourth-order valence-electron chi connectivity index (χ4n) is 2.40. The number of imidazole rings is 1. The molecule has 3 heterocycles. The molecule has 0 saturated heterocycles. The third kappa shape index (κ3) is 2.58. The summed E-state index contributed by atoms with van der Waals surface area (Å²) in [5, 5.41) is 2.10. The van der Waals surface area contributed by atoms with Gasteiger partial charge in [0, 0.05) is 17.5 Å². The number of thiazole rings is 1. The number of ether oxygens (including phenoxy) is 1. The molecular formula is C15H16N2O3S. The number of furan rings is 1. The normalized spacial score (nSPS) is 11.1. The second kappa shape index (κ2) is 5.73. The van der Waals surface area contributed by atoms with Crippen LogP contribution in [0.3, 0.4) is 0 Å². The van der Waals surface area contributed by atoms with Crippen molar-refractivity contribution in [1.29, 1.82) is 0 Å². The molecule has 21 heavy (non-hydrogen) atoms. The number of fused-ring (bicyclic) bond motifs is 1. The summed E-state index contributed by atoms with van der Waals surface area (Å²) in [6.45, 7) is 2.04. The first kappa shape index (κ1) is 13.9. The largest absolute Gasteiger partial charge is 0.469 e. The molecule has 0 bridgehead atoms. The second-order valence-electron chi connectivity index (χ2n) is 4.80. The molecule has 3 aromatic rings. The molecule has 0 N–H and O–H groups in total. The summed E-state index contributed by atoms with van der Waals surface area (Å²) in [5.41, 5.74) is 3.11. The van der Waals surface area contributed by atoms with E-state index in [4.69, 9.17) is 4.42 Å². The van der Waals surface area contributed by atoms with Crippen molar-refractivity contribution in [2.24, 2.45) is 0 Å². The lowest BCUT2D eigenvalue weighted by molar-refractivity contribution is -0.140. The molecule has 5 nitrogen and oxygen atoms in total. The molecule has 0 atom stereocenters. The van der Waals surface area contributed by atoms with Gasteiger partial charge in [-0.25, -0.2) is 4.98 Å². The van der Waals surface area contributed by atoms with Crippen molar-refractivity contribution in [3.8, 4) is 11.5 Å². The lowest BCUT2D eigenvalue weighted by Crippen LogP contribution is -2.01. The van der Waals surface area contributed by atoms with Crippen molar-refractivity contribution in [3.05, 3.63) is 35.2 Å². The average molecular weight is 304 g/mol. The van der Waals surface area contributed by atoms with E-state index in [9.17, 15) is 4.79 Å². The summed E-state index contributed by atoms with van der Waals surface area (Å²) in [6.07, 6.45) is 3.68. The van der Waals surface area contributed by atoms with E-state index < -0.39 is 0 Å². The van der Waals surface area contributed by atoms with E-state index in [1.54, 1.807) is 17.6 Å². The van der Waals surface area contributed by atoms with Crippen LogP contribution in [0.5, 0.6) is 0 Å². The van der Waals surface area contributed by atoms with Crippen LogP contribution in [-0.2, 0) is 16.0 Å². The van der Waals surface area contributed by atoms with Crippen LogP contribution >= 0.6 is 11.3 Å². The maximum Gasteiger partial charge on any atom is 0.305 e. The van der Waals surface area contributed by atoms with E-state index in [0.29, 0.717) is 6.42 Å². The molecule has 0 aromatic carbocycles. The third-order valence-corrected chi connectivity index (χ3v) is 4.34. The maximum absolute atomic E-state index is 11.2. The molecule has 0 spiro atoms. The van der Waals surface area contributed by atoms with Gasteiger partial charge in [-0.1, -0.05) is 0 Å². The molecule has 3 aromatic heterocycles. The SMILES string of the molecule is COC(=O)CCCc1csc2nc(-c3ccco3)c(C)n12. The number of aromatic nitrogens is 2. The molecule has 0 saturated carbocycles. The van der Waals surface area contributed by atoms with Crippen molar-refractivity contribution >= 4 is 22.3 Å². The van der Waals surface area contributed by atoms with E-state index in [1.807, 2.05) is 19.1 Å². The number of hydrogen-bond acceptors (Lipinski definition) is 5. The number of rotatable bonds is 5. The predicted octanol–water partition coefficient (Wildman–Crippen LogP) is 3.46. The minimum atomic E-state index is -0.167. The summed E-state index contributed by atoms with van der Waals surface area (Å²) in [5.74, 6) is 0.615. The first-order chi connectivity index (χ1) is 10.2. The second-order valence-corrected chi connectivity index (χ2v) is 5.63. The van der Waals surface area contributed by atoms with Crippen molar-refractivity contribution < 1.29 is 13.9 Å². The van der Waals surface area contributed by atoms with Gasteiger partial charge in [0.25, 0.3) is 0 Å². The summed E-state index contributed by atoms with van der Waals surface area (Å²) in [7, 11) is 1.42. The third-order valence-electron chi connectivity index (χ3n) is 3.46. The molecule has 0 aliphatic heterocycles. The molecule has 0 radical (unpaired) electrons. The van der Waals surface area contributed by atoms with Gasteiger partial charge in [-0.3, -0.25) is 9.20 Å². The summed E-state index contributed by atoms with van der Waals surface area (Å²) in [6, 6.07) is 3.77. The van der Waals surface area contributed by atoms with Gasteiger partial charge in [-0.15, -0.1) is 11.3 Å². The monoisotopic (exact) mass is 304 g/mol. The number of aryl methyl sites for hydroxylation is 2. The highest BCUT2D eigenvalue weighted by molar-refractivity contribution is 7.15. The Morgan fingerprint density at radius 1 is 1.52 bits per heavy atom. The van der Waals surface area contributed by atoms with Crippen LogP contribution in [0.4, 0.5) is 0 Å². The van der Waals surface area contributed by atoms with Crippen LogP contribution in [0.15, 0.2) is 28.2 Å². The molecule has 110 valence electrons. The molecule has 0 fully saturated rings. The van der Waals surface area contributed by atoms with Crippen molar-refractivity contribution in [1.82, 2.24) is 9.38 Å². The molecule has 6 heteroatoms. The van der Waals surface area contributed by atoms with Gasteiger partial charge >= 0.3 is 5.97 Å². The quantitative estimate of drug-likeness (QED) is 0.677. The van der Waals surface area contributed by atoms with Crippen molar-refractivity contribution in [3.63, 3.8) is 0 Å². The van der Waals surface area contributed by atoms with Gasteiger partial charge in [-0.2, -0.15) is 0 Å². The van der Waals surface area contributed by atoms with Crippen LogP contribution in [-0.4, -0.2) is 22.5 Å². The number of carbonyl (C=O) groups is 1. The topological polar surface area (TPSA) is 56.7 Å². The van der Waals surface area contributed by atoms with E-state index >= 15 is 0 Å². The van der Waals surface area contributed by atoms with Gasteiger partial charge in [0.2, 0.25) is 0 Å². The molecule has 0 aliphatic rings. The lowest BCUT2D eigenvalue weighted by atomic mass is 10.2. The first-order valence-corrected chi connectivity index (χ1v) is 7.64. The van der Waals surface area contributed by atoms with Crippen LogP contribution in [0.2, 0.25) is 0 Å². The van der Waals surface area contributed by atoms with Crippen molar-refractivity contribution in [2.45, 2.75) is 26.2 Å². The van der Waals surface area contributed by atoms with Gasteiger partial charge < -0.3 is 9.15 Å². The maximum atomic E-state index is 11.2. The van der Waals surface area contributed by atoms with Gasteiger partial charge in [0.1, 0.15) is 5.69 Å². The highest BCUT2D eigenvalue weighted by Gasteiger charge is 2.16. The zero-order valence-corrected chi connectivity index (χ0v) is 12.8. The number of esters is 1. The molecular weight excluding hydrogens is 288 g/mol. The van der Waals surface area contributed by atoms with E-state index in [0.717, 1.165) is 35.0 Å². The lowest BCUT2D eigenvalue weighted by Gasteiger charge is -2.02. The summed E-state index contributed by atoms with van der Waals surface area (Å²) in [4.78, 5) is 16.8. The highest BCUT2D eigenvalue weighted by Crippen LogP contribution is 2.28. The van der Waals surface area contributed by atoms with Crippen molar-refractivity contribution in [2.75, 3.05) is 7.11 Å². The highest BCUT2D eigenvalue weighted by atomic mass is 32.1. The van der Waals surface area contributed by atoms with E-state index in [2.05, 4.69) is 19.5 Å². The Balaban J connectivity index is 1.86. The summed E-state index contributed by atoms with van der Waals surface area (Å²) >= 11 is 1.60. The molecule has 3 rings (SSSR count). The van der Waals surface area contributed by atoms with Crippen LogP contribution < -0.4 is 0 Å². The Labute approximate surface area is 126 Å². The minimum absolute atomic E-state index is 0.167. The molecule has 0 unspecified atom stereocenters. The van der Waals surface area contributed by atoms with Crippen LogP contribution in [0.25, 0.3) is 16.4 Å². The number of hydrogen-bond donors (Lipinski definition) is 0. The Kier molecular flexibility index (Phi) is 3.79. The minimum Gasteiger partial charge on any atom is -0.469 e. The zero-order valence-electron chi connectivity index (χ0n) is 12.0. The Hall–Kier alpha value is -2.08. The van der Waals surface area contributed by atoms with Gasteiger partial charge in [0.15, 0.2) is 10.7 Å². The van der Waals surface area contributed by atoms with Crippen LogP contribution in [0.1, 0.15) is 24.2 Å². The zero-order chi connectivity index (χ0) is 14.8. The number of nitrogens with zero attached hydrogens (tertiary/aromatic N) is 2. The Morgan fingerprint density at radius 2 is 2.38 bits per heavy atom. The fraction of sp³-hybridized carbons (Fsp3) is 0.333. The van der Waals surface area contributed by atoms with E-state index in [-0.39, 0.29) is 5.97 Å². The fourth-order valence-corrected chi connectivity index (χ4v) is 3.37. The van der Waals surface area contributed by atoms with Crippen LogP contribution in [0, 0.1) is 6.92 Å². The predicted molar refractivity (Wildman–Crippen MR) is 80.5 cm³/mol. The number of carbonyl (C=O) groups excluding carboxylic acids is 1. The number of methoxy groups -OCH3 is 1. The molecule has 0 aliphatic carbocycles. The smallest absolute Gasteiger partial charge is 0.305 e. The Morgan fingerprint density at radius 3 is 3.10 bits per heavy atom. The standard InChI is InChI=1S/C15H16N2O3S/c1-10-14(12-6-4-8-20-12)16-15-17(10)11(9-21-15)5-3-7-13(18)19-2/h4,6,8-9H,3,5,7H2,1-2H3. The van der Waals surface area contributed by atoms with Gasteiger partial charge in [0.05, 0.1) is 19.1 Å². The molecule has 0 amide bonds. The van der Waals surface area contributed by atoms with E-state index in [1.165, 1.54) is 12.8 Å². The Bertz CT molecular complexity index is 755. The average Bonchev–Trinajstić information content (AvgIpc) is 3.18. The van der Waals surface area contributed by atoms with Gasteiger partial charge in [-0.05, 0) is 31.9 Å². The first-order valence-electron chi connectivity index (χ1n) is 6.77.